The van der Waals surface area contributed by atoms with Crippen molar-refractivity contribution < 1.29 is 23.1 Å². The first-order valence-electron chi connectivity index (χ1n) is 5.73. The second-order valence-corrected chi connectivity index (χ2v) is 6.11. The fraction of sp³-hybridized carbons (Fsp3) is 0.727. The van der Waals surface area contributed by atoms with Crippen LogP contribution in [0.2, 0.25) is 0 Å². The number of hydrogen-bond acceptors (Lipinski definition) is 5. The minimum Gasteiger partial charge on any atom is -0.465 e. The highest BCUT2D eigenvalue weighted by atomic mass is 31.2. The summed E-state index contributed by atoms with van der Waals surface area (Å²) in [7, 11) is -3.52. The van der Waals surface area contributed by atoms with Crippen LogP contribution in [0.1, 0.15) is 26.7 Å². The molecule has 0 saturated carbocycles. The maximum Gasteiger partial charge on any atom is 0.348 e. The average molecular weight is 262 g/mol. The van der Waals surface area contributed by atoms with Crippen LogP contribution >= 0.6 is 7.60 Å². The smallest absolute Gasteiger partial charge is 0.348 e. The van der Waals surface area contributed by atoms with Crippen LogP contribution in [0.25, 0.3) is 0 Å². The first kappa shape index (κ1) is 14.4. The van der Waals surface area contributed by atoms with Gasteiger partial charge in [0, 0.05) is 6.42 Å². The predicted molar refractivity (Wildman–Crippen MR) is 64.0 cm³/mol. The molecule has 1 saturated heterocycles. The summed E-state index contributed by atoms with van der Waals surface area (Å²) in [5.74, 6) is -0.511. The zero-order valence-corrected chi connectivity index (χ0v) is 11.2. The molecule has 1 fully saturated rings. The van der Waals surface area contributed by atoms with Gasteiger partial charge >= 0.3 is 13.6 Å². The van der Waals surface area contributed by atoms with Crippen molar-refractivity contribution in [2.45, 2.75) is 31.8 Å². The molecule has 5 nitrogen and oxygen atoms in total. The Balaban J connectivity index is 3.13. The zero-order chi connectivity index (χ0) is 12.9. The van der Waals surface area contributed by atoms with Gasteiger partial charge in [-0.2, -0.15) is 0 Å². The molecular formula is C11H19O5P. The lowest BCUT2D eigenvalue weighted by atomic mass is 10.0. The molecule has 0 aliphatic carbocycles. The van der Waals surface area contributed by atoms with Crippen molar-refractivity contribution in [1.29, 1.82) is 0 Å². The van der Waals surface area contributed by atoms with Crippen LogP contribution < -0.4 is 0 Å². The SMILES string of the molecule is C=CCC1(P(=O)(OCC)OCC)CCOC1=O. The Bertz CT molecular complexity index is 331. The maximum absolute atomic E-state index is 12.7. The summed E-state index contributed by atoms with van der Waals surface area (Å²) in [6.45, 7) is 7.73. The molecule has 1 aliphatic heterocycles. The van der Waals surface area contributed by atoms with Crippen molar-refractivity contribution in [3.8, 4) is 0 Å². The molecule has 0 N–H and O–H groups in total. The van der Waals surface area contributed by atoms with Crippen molar-refractivity contribution in [3.05, 3.63) is 12.7 Å². The van der Waals surface area contributed by atoms with Crippen LogP contribution in [0.5, 0.6) is 0 Å². The summed E-state index contributed by atoms with van der Waals surface area (Å²) in [5.41, 5.74) is 0. The Morgan fingerprint density at radius 3 is 2.41 bits per heavy atom. The number of allylic oxidation sites excluding steroid dienone is 1. The summed E-state index contributed by atoms with van der Waals surface area (Å²) >= 11 is 0. The van der Waals surface area contributed by atoms with E-state index in [9.17, 15) is 9.36 Å². The molecule has 6 heteroatoms. The third-order valence-corrected chi connectivity index (χ3v) is 5.57. The third-order valence-electron chi connectivity index (χ3n) is 2.73. The van der Waals surface area contributed by atoms with Gasteiger partial charge in [-0.3, -0.25) is 9.36 Å². The second-order valence-electron chi connectivity index (χ2n) is 3.74. The van der Waals surface area contributed by atoms with E-state index in [1.807, 2.05) is 0 Å². The highest BCUT2D eigenvalue weighted by Gasteiger charge is 2.59. The molecule has 1 atom stereocenters. The number of ether oxygens (including phenoxy) is 1. The number of carbonyl (C=O) groups is 1. The molecule has 0 bridgehead atoms. The van der Waals surface area contributed by atoms with E-state index in [2.05, 4.69) is 6.58 Å². The van der Waals surface area contributed by atoms with E-state index in [-0.39, 0.29) is 26.2 Å². The topological polar surface area (TPSA) is 61.8 Å². The standard InChI is InChI=1S/C11H19O5P/c1-4-7-11(8-9-14-10(11)12)17(13,15-5-2)16-6-3/h4H,1,5-9H2,2-3H3. The van der Waals surface area contributed by atoms with Crippen molar-refractivity contribution >= 4 is 13.6 Å². The Labute approximate surface area is 102 Å². The number of cyclic esters (lactones) is 1. The van der Waals surface area contributed by atoms with Gasteiger partial charge in [-0.1, -0.05) is 6.08 Å². The van der Waals surface area contributed by atoms with Gasteiger partial charge in [0.2, 0.25) is 0 Å². The molecule has 0 radical (unpaired) electrons. The quantitative estimate of drug-likeness (QED) is 0.401. The number of rotatable bonds is 7. The Morgan fingerprint density at radius 2 is 2.06 bits per heavy atom. The molecule has 17 heavy (non-hydrogen) atoms. The van der Waals surface area contributed by atoms with Gasteiger partial charge < -0.3 is 13.8 Å². The molecule has 1 aliphatic rings. The highest BCUT2D eigenvalue weighted by Crippen LogP contribution is 2.65. The Hall–Kier alpha value is -0.640. The van der Waals surface area contributed by atoms with Gasteiger partial charge in [-0.15, -0.1) is 6.58 Å². The predicted octanol–water partition coefficient (Wildman–Crippen LogP) is 2.51. The van der Waals surface area contributed by atoms with E-state index >= 15 is 0 Å². The molecule has 0 spiro atoms. The molecular weight excluding hydrogens is 243 g/mol. The fourth-order valence-electron chi connectivity index (χ4n) is 1.96. The number of carbonyl (C=O) groups excluding carboxylic acids is 1. The van der Waals surface area contributed by atoms with Crippen molar-refractivity contribution in [3.63, 3.8) is 0 Å². The summed E-state index contributed by atoms with van der Waals surface area (Å²) in [4.78, 5) is 11.9. The van der Waals surface area contributed by atoms with Gasteiger partial charge in [0.15, 0.2) is 5.16 Å². The van der Waals surface area contributed by atoms with E-state index in [0.29, 0.717) is 6.42 Å². The summed E-state index contributed by atoms with van der Waals surface area (Å²) in [5, 5.41) is -1.21. The van der Waals surface area contributed by atoms with Crippen LogP contribution in [0, 0.1) is 0 Å². The average Bonchev–Trinajstić information content (AvgIpc) is 2.63. The largest absolute Gasteiger partial charge is 0.465 e. The fourth-order valence-corrected chi connectivity index (χ4v) is 4.21. The van der Waals surface area contributed by atoms with Gasteiger partial charge in [-0.25, -0.2) is 0 Å². The molecule has 0 aromatic rings. The van der Waals surface area contributed by atoms with Crippen LogP contribution in [0.3, 0.4) is 0 Å². The normalized spacial score (nSPS) is 24.7. The van der Waals surface area contributed by atoms with Crippen molar-refractivity contribution in [2.24, 2.45) is 0 Å². The second kappa shape index (κ2) is 5.80. The molecule has 1 rings (SSSR count). The van der Waals surface area contributed by atoms with Gasteiger partial charge in [0.1, 0.15) is 0 Å². The molecule has 0 aromatic carbocycles. The van der Waals surface area contributed by atoms with Crippen molar-refractivity contribution in [1.82, 2.24) is 0 Å². The van der Waals surface area contributed by atoms with Crippen molar-refractivity contribution in [2.75, 3.05) is 19.8 Å². The van der Waals surface area contributed by atoms with E-state index in [1.54, 1.807) is 19.9 Å². The number of hydrogen-bond donors (Lipinski definition) is 0. The van der Waals surface area contributed by atoms with Crippen LogP contribution in [-0.2, 0) is 23.1 Å². The van der Waals surface area contributed by atoms with Crippen LogP contribution in [-0.4, -0.2) is 30.9 Å². The van der Waals surface area contributed by atoms with E-state index in [4.69, 9.17) is 13.8 Å². The lowest BCUT2D eigenvalue weighted by Gasteiger charge is -2.31. The van der Waals surface area contributed by atoms with Crippen LogP contribution in [0.15, 0.2) is 12.7 Å². The Kier molecular flexibility index (Phi) is 4.92. The molecule has 1 heterocycles. The van der Waals surface area contributed by atoms with Gasteiger partial charge in [0.05, 0.1) is 19.8 Å². The van der Waals surface area contributed by atoms with E-state index in [1.165, 1.54) is 0 Å². The highest BCUT2D eigenvalue weighted by molar-refractivity contribution is 7.56. The lowest BCUT2D eigenvalue weighted by molar-refractivity contribution is -0.140. The Morgan fingerprint density at radius 1 is 1.47 bits per heavy atom. The van der Waals surface area contributed by atoms with Crippen LogP contribution in [0.4, 0.5) is 0 Å². The first-order valence-corrected chi connectivity index (χ1v) is 7.28. The summed E-state index contributed by atoms with van der Waals surface area (Å²) in [6, 6.07) is 0. The third kappa shape index (κ3) is 2.46. The number of esters is 1. The van der Waals surface area contributed by atoms with Gasteiger partial charge in [0.25, 0.3) is 0 Å². The molecule has 1 unspecified atom stereocenters. The minimum absolute atomic E-state index is 0.226. The van der Waals surface area contributed by atoms with E-state index < -0.39 is 18.7 Å². The first-order chi connectivity index (χ1) is 8.06. The van der Waals surface area contributed by atoms with E-state index in [0.717, 1.165) is 0 Å². The summed E-state index contributed by atoms with van der Waals surface area (Å²) in [6.07, 6.45) is 2.13. The molecule has 0 aromatic heterocycles. The van der Waals surface area contributed by atoms with Gasteiger partial charge in [-0.05, 0) is 20.3 Å². The molecule has 98 valence electrons. The maximum atomic E-state index is 12.7. The lowest BCUT2D eigenvalue weighted by Crippen LogP contribution is -2.35. The zero-order valence-electron chi connectivity index (χ0n) is 10.3. The minimum atomic E-state index is -3.52. The summed E-state index contributed by atoms with van der Waals surface area (Å²) < 4.78 is 28.2. The molecule has 0 amide bonds. The monoisotopic (exact) mass is 262 g/mol.